The van der Waals surface area contributed by atoms with Crippen molar-refractivity contribution in [2.24, 2.45) is 0 Å². The molecule has 0 aromatic carbocycles. The predicted octanol–water partition coefficient (Wildman–Crippen LogP) is -0.756. The molecule has 3 N–H and O–H groups in total. The summed E-state index contributed by atoms with van der Waals surface area (Å²) in [5.41, 5.74) is 0. The summed E-state index contributed by atoms with van der Waals surface area (Å²) in [4.78, 5) is 33.0. The molecule has 1 rings (SSSR count). The maximum atomic E-state index is 11.5. The average Bonchev–Trinajstić information content (AvgIpc) is 2.60. The third-order valence-corrected chi connectivity index (χ3v) is 2.33. The van der Waals surface area contributed by atoms with Gasteiger partial charge >= 0.3 is 5.97 Å². The topological polar surface area (TPSA) is 95.5 Å². The summed E-state index contributed by atoms with van der Waals surface area (Å²) in [7, 11) is 0. The Hall–Kier alpha value is -1.59. The number of carboxylic acid groups (broad SMARTS) is 1. The summed E-state index contributed by atoms with van der Waals surface area (Å²) in [6.07, 6.45) is 1.07. The highest BCUT2D eigenvalue weighted by atomic mass is 16.4. The van der Waals surface area contributed by atoms with Crippen LogP contribution in [0.3, 0.4) is 0 Å². The molecule has 1 saturated heterocycles. The average molecular weight is 214 g/mol. The lowest BCUT2D eigenvalue weighted by Gasteiger charge is -2.15. The minimum atomic E-state index is -1.06. The van der Waals surface area contributed by atoms with Crippen molar-refractivity contribution in [3.05, 3.63) is 0 Å². The van der Waals surface area contributed by atoms with Crippen molar-refractivity contribution in [2.75, 3.05) is 0 Å². The van der Waals surface area contributed by atoms with Crippen LogP contribution in [-0.4, -0.2) is 35.0 Å². The monoisotopic (exact) mass is 214 g/mol. The number of aliphatic carboxylic acids is 1. The first kappa shape index (κ1) is 11.5. The van der Waals surface area contributed by atoms with Gasteiger partial charge in [0.05, 0.1) is 0 Å². The van der Waals surface area contributed by atoms with Crippen molar-refractivity contribution in [3.63, 3.8) is 0 Å². The summed E-state index contributed by atoms with van der Waals surface area (Å²) >= 11 is 0. The van der Waals surface area contributed by atoms with Gasteiger partial charge in [0.2, 0.25) is 11.8 Å². The van der Waals surface area contributed by atoms with Crippen LogP contribution in [0, 0.1) is 0 Å². The minimum absolute atomic E-state index is 0.168. The van der Waals surface area contributed by atoms with Crippen LogP contribution in [0.2, 0.25) is 0 Å². The van der Waals surface area contributed by atoms with Gasteiger partial charge in [0.1, 0.15) is 12.1 Å². The maximum absolute atomic E-state index is 11.5. The molecule has 2 amide bonds. The summed E-state index contributed by atoms with van der Waals surface area (Å²) in [5, 5.41) is 13.6. The van der Waals surface area contributed by atoms with Crippen molar-refractivity contribution in [1.29, 1.82) is 0 Å². The standard InChI is InChI=1S/C9H14N2O4/c1-2-5(9(14)15)11-8(13)6-3-4-7(12)10-6/h5-6H,2-4H2,1H3,(H,10,12)(H,11,13)(H,14,15). The van der Waals surface area contributed by atoms with E-state index in [-0.39, 0.29) is 5.91 Å². The molecule has 0 bridgehead atoms. The molecule has 1 aliphatic rings. The van der Waals surface area contributed by atoms with Crippen molar-refractivity contribution in [3.8, 4) is 0 Å². The van der Waals surface area contributed by atoms with Gasteiger partial charge in [-0.15, -0.1) is 0 Å². The molecule has 1 fully saturated rings. The van der Waals surface area contributed by atoms with Gasteiger partial charge in [-0.3, -0.25) is 9.59 Å². The van der Waals surface area contributed by atoms with Crippen LogP contribution < -0.4 is 10.6 Å². The number of carboxylic acids is 1. The Labute approximate surface area is 87.0 Å². The fraction of sp³-hybridized carbons (Fsp3) is 0.667. The van der Waals surface area contributed by atoms with Crippen molar-refractivity contribution < 1.29 is 19.5 Å². The molecule has 0 aliphatic carbocycles. The van der Waals surface area contributed by atoms with Gasteiger partial charge in [-0.2, -0.15) is 0 Å². The van der Waals surface area contributed by atoms with Gasteiger partial charge in [0, 0.05) is 6.42 Å². The van der Waals surface area contributed by atoms with Gasteiger partial charge in [-0.25, -0.2) is 4.79 Å². The fourth-order valence-corrected chi connectivity index (χ4v) is 1.42. The molecule has 0 spiro atoms. The Kier molecular flexibility index (Phi) is 3.65. The van der Waals surface area contributed by atoms with E-state index in [0.29, 0.717) is 19.3 Å². The molecule has 0 radical (unpaired) electrons. The van der Waals surface area contributed by atoms with E-state index in [2.05, 4.69) is 10.6 Å². The van der Waals surface area contributed by atoms with Crippen molar-refractivity contribution in [1.82, 2.24) is 10.6 Å². The second kappa shape index (κ2) is 4.77. The molecule has 1 heterocycles. The Morgan fingerprint density at radius 2 is 2.33 bits per heavy atom. The summed E-state index contributed by atoms with van der Waals surface area (Å²) in [5.74, 6) is -1.65. The zero-order valence-corrected chi connectivity index (χ0v) is 8.45. The molecule has 0 aromatic rings. The molecule has 0 saturated carbocycles. The minimum Gasteiger partial charge on any atom is -0.480 e. The lowest BCUT2D eigenvalue weighted by molar-refractivity contribution is -0.142. The second-order valence-corrected chi connectivity index (χ2v) is 3.47. The van der Waals surface area contributed by atoms with Gasteiger partial charge in [0.15, 0.2) is 0 Å². The zero-order chi connectivity index (χ0) is 11.4. The first-order chi connectivity index (χ1) is 7.04. The summed E-state index contributed by atoms with van der Waals surface area (Å²) in [6.45, 7) is 1.67. The normalized spacial score (nSPS) is 21.9. The van der Waals surface area contributed by atoms with Crippen LogP contribution in [0.5, 0.6) is 0 Å². The molecule has 2 atom stereocenters. The molecular weight excluding hydrogens is 200 g/mol. The second-order valence-electron chi connectivity index (χ2n) is 3.47. The predicted molar refractivity (Wildman–Crippen MR) is 51.0 cm³/mol. The van der Waals surface area contributed by atoms with Crippen molar-refractivity contribution >= 4 is 17.8 Å². The first-order valence-electron chi connectivity index (χ1n) is 4.87. The van der Waals surface area contributed by atoms with E-state index in [0.717, 1.165) is 0 Å². The van der Waals surface area contributed by atoms with Gasteiger partial charge < -0.3 is 15.7 Å². The molecule has 6 nitrogen and oxygen atoms in total. The number of amides is 2. The molecule has 0 aromatic heterocycles. The summed E-state index contributed by atoms with van der Waals surface area (Å²) in [6, 6.07) is -1.46. The molecule has 84 valence electrons. The Morgan fingerprint density at radius 1 is 1.67 bits per heavy atom. The Morgan fingerprint density at radius 3 is 2.73 bits per heavy atom. The molecular formula is C9H14N2O4. The van der Waals surface area contributed by atoms with Crippen LogP contribution in [0.4, 0.5) is 0 Å². The number of carbonyl (C=O) groups is 3. The molecule has 6 heteroatoms. The van der Waals surface area contributed by atoms with E-state index in [4.69, 9.17) is 5.11 Å². The van der Waals surface area contributed by atoms with E-state index in [1.165, 1.54) is 0 Å². The smallest absolute Gasteiger partial charge is 0.326 e. The lowest BCUT2D eigenvalue weighted by atomic mass is 10.1. The number of carbonyl (C=O) groups excluding carboxylic acids is 2. The van der Waals surface area contributed by atoms with Crippen LogP contribution in [0.15, 0.2) is 0 Å². The highest BCUT2D eigenvalue weighted by molar-refractivity contribution is 5.92. The fourth-order valence-electron chi connectivity index (χ4n) is 1.42. The van der Waals surface area contributed by atoms with Gasteiger partial charge in [-0.05, 0) is 12.8 Å². The van der Waals surface area contributed by atoms with E-state index in [1.54, 1.807) is 6.92 Å². The number of hydrogen-bond donors (Lipinski definition) is 3. The Balaban J connectivity index is 2.47. The van der Waals surface area contributed by atoms with E-state index < -0.39 is 24.0 Å². The first-order valence-corrected chi connectivity index (χ1v) is 4.87. The molecule has 15 heavy (non-hydrogen) atoms. The quantitative estimate of drug-likeness (QED) is 0.573. The van der Waals surface area contributed by atoms with Crippen LogP contribution >= 0.6 is 0 Å². The third-order valence-electron chi connectivity index (χ3n) is 2.33. The van der Waals surface area contributed by atoms with Gasteiger partial charge in [0.25, 0.3) is 0 Å². The van der Waals surface area contributed by atoms with Crippen LogP contribution in [-0.2, 0) is 14.4 Å². The number of hydrogen-bond acceptors (Lipinski definition) is 3. The van der Waals surface area contributed by atoms with Gasteiger partial charge in [-0.1, -0.05) is 6.92 Å². The van der Waals surface area contributed by atoms with E-state index in [9.17, 15) is 14.4 Å². The van der Waals surface area contributed by atoms with E-state index >= 15 is 0 Å². The lowest BCUT2D eigenvalue weighted by Crippen LogP contribution is -2.48. The van der Waals surface area contributed by atoms with Crippen molar-refractivity contribution in [2.45, 2.75) is 38.3 Å². The van der Waals surface area contributed by atoms with Crippen LogP contribution in [0.25, 0.3) is 0 Å². The number of rotatable bonds is 4. The third kappa shape index (κ3) is 2.93. The summed E-state index contributed by atoms with van der Waals surface area (Å²) < 4.78 is 0. The zero-order valence-electron chi connectivity index (χ0n) is 8.45. The molecule has 2 unspecified atom stereocenters. The van der Waals surface area contributed by atoms with E-state index in [1.807, 2.05) is 0 Å². The molecule has 1 aliphatic heterocycles. The highest BCUT2D eigenvalue weighted by Gasteiger charge is 2.29. The van der Waals surface area contributed by atoms with Crippen LogP contribution in [0.1, 0.15) is 26.2 Å². The SMILES string of the molecule is CCC(NC(=O)C1CCC(=O)N1)C(=O)O. The Bertz CT molecular complexity index is 290. The maximum Gasteiger partial charge on any atom is 0.326 e. The number of nitrogens with one attached hydrogen (secondary N) is 2. The highest BCUT2D eigenvalue weighted by Crippen LogP contribution is 2.06. The largest absolute Gasteiger partial charge is 0.480 e.